The molecule has 0 spiro atoms. The topological polar surface area (TPSA) is 9.23 Å². The predicted molar refractivity (Wildman–Crippen MR) is 61.2 cm³/mol. The molecule has 0 bridgehead atoms. The van der Waals surface area contributed by atoms with Gasteiger partial charge in [-0.15, -0.1) is 0 Å². The zero-order valence-electron chi connectivity index (χ0n) is 10.3. The number of hydrogen-bond donors (Lipinski definition) is 0. The molecule has 1 unspecified atom stereocenters. The third kappa shape index (κ3) is 2.30. The number of halogens is 3. The molecular weight excluding hydrogens is 233 g/mol. The van der Waals surface area contributed by atoms with Crippen LogP contribution in [0.3, 0.4) is 0 Å². The number of rotatable bonds is 3. The van der Waals surface area contributed by atoms with Crippen LogP contribution in [0, 0.1) is 0 Å². The van der Waals surface area contributed by atoms with E-state index in [2.05, 4.69) is 0 Å². The molecule has 16 heavy (non-hydrogen) atoms. The quantitative estimate of drug-likeness (QED) is 0.688. The van der Waals surface area contributed by atoms with E-state index in [-0.39, 0.29) is 13.0 Å². The Morgan fingerprint density at radius 1 is 1.25 bits per heavy atom. The third-order valence-corrected chi connectivity index (χ3v) is 8.31. The van der Waals surface area contributed by atoms with E-state index in [0.717, 1.165) is 12.8 Å². The molecule has 5 heteroatoms. The zero-order valence-corrected chi connectivity index (χ0v) is 11.3. The lowest BCUT2D eigenvalue weighted by molar-refractivity contribution is -0.257. The Morgan fingerprint density at radius 3 is 2.25 bits per heavy atom. The normalized spacial score (nSPS) is 28.1. The van der Waals surface area contributed by atoms with Gasteiger partial charge in [-0.3, -0.25) is 0 Å². The molecule has 1 aliphatic heterocycles. The molecule has 1 heterocycles. The summed E-state index contributed by atoms with van der Waals surface area (Å²) in [6.45, 7) is 5.84. The van der Waals surface area contributed by atoms with Crippen molar-refractivity contribution in [2.45, 2.75) is 63.1 Å². The first-order valence-corrected chi connectivity index (χ1v) is 9.18. The van der Waals surface area contributed by atoms with Crippen molar-refractivity contribution in [2.75, 3.05) is 6.61 Å². The lowest BCUT2D eigenvalue weighted by Gasteiger charge is -2.48. The van der Waals surface area contributed by atoms with Gasteiger partial charge < -0.3 is 4.74 Å². The molecular formula is C11H21F3OSi. The first-order valence-electron chi connectivity index (χ1n) is 5.97. The maximum atomic E-state index is 13.3. The number of ether oxygens (including phenoxy) is 1. The van der Waals surface area contributed by atoms with Crippen LogP contribution in [0.5, 0.6) is 0 Å². The van der Waals surface area contributed by atoms with Crippen molar-refractivity contribution in [3.63, 3.8) is 0 Å². The van der Waals surface area contributed by atoms with Crippen LogP contribution in [0.25, 0.3) is 0 Å². The second-order valence-corrected chi connectivity index (χ2v) is 10.3. The Kier molecular flexibility index (Phi) is 4.11. The number of alkyl halides is 3. The minimum Gasteiger partial charge on any atom is -0.369 e. The van der Waals surface area contributed by atoms with Crippen molar-refractivity contribution in [3.05, 3.63) is 0 Å². The van der Waals surface area contributed by atoms with Gasteiger partial charge in [0.05, 0.1) is 8.07 Å². The molecule has 96 valence electrons. The highest BCUT2D eigenvalue weighted by Gasteiger charge is 2.64. The van der Waals surface area contributed by atoms with Crippen LogP contribution in [-0.4, -0.2) is 26.1 Å². The molecule has 0 amide bonds. The lowest BCUT2D eigenvalue weighted by Crippen LogP contribution is -2.66. The van der Waals surface area contributed by atoms with E-state index in [1.54, 1.807) is 0 Å². The van der Waals surface area contributed by atoms with Crippen molar-refractivity contribution in [1.29, 1.82) is 0 Å². The molecule has 0 aromatic carbocycles. The molecule has 0 aromatic heterocycles. The second kappa shape index (κ2) is 4.68. The van der Waals surface area contributed by atoms with Crippen LogP contribution in [0.1, 0.15) is 32.6 Å². The Labute approximate surface area is 96.4 Å². The molecule has 1 aliphatic rings. The summed E-state index contributed by atoms with van der Waals surface area (Å²) in [5.41, 5.74) is 0. The summed E-state index contributed by atoms with van der Waals surface area (Å²) in [6.07, 6.45) is -1.84. The fourth-order valence-corrected chi connectivity index (χ4v) is 6.53. The van der Waals surface area contributed by atoms with Crippen LogP contribution in [0.4, 0.5) is 13.2 Å². The van der Waals surface area contributed by atoms with E-state index in [9.17, 15) is 13.2 Å². The summed E-state index contributed by atoms with van der Waals surface area (Å²) in [4.78, 5) is 0. The van der Waals surface area contributed by atoms with E-state index in [4.69, 9.17) is 4.74 Å². The van der Waals surface area contributed by atoms with Crippen LogP contribution >= 0.6 is 0 Å². The summed E-state index contributed by atoms with van der Waals surface area (Å²) in [5.74, 6) is 0. The van der Waals surface area contributed by atoms with Crippen LogP contribution < -0.4 is 0 Å². The molecule has 0 aromatic rings. The van der Waals surface area contributed by atoms with E-state index < -0.39 is 19.5 Å². The fourth-order valence-electron chi connectivity index (χ4n) is 2.76. The highest BCUT2D eigenvalue weighted by molar-refractivity contribution is 6.80. The van der Waals surface area contributed by atoms with Crippen molar-refractivity contribution in [1.82, 2.24) is 0 Å². The van der Waals surface area contributed by atoms with Gasteiger partial charge in [0.1, 0.15) is 0 Å². The molecule has 0 radical (unpaired) electrons. The SMILES string of the molecule is CCC[Si](C)(C)C1(C(F)(F)F)CCCCO1. The molecule has 0 N–H and O–H groups in total. The second-order valence-electron chi connectivity index (χ2n) is 5.26. The summed E-state index contributed by atoms with van der Waals surface area (Å²) >= 11 is 0. The monoisotopic (exact) mass is 254 g/mol. The van der Waals surface area contributed by atoms with Crippen molar-refractivity contribution < 1.29 is 17.9 Å². The first kappa shape index (κ1) is 14.0. The van der Waals surface area contributed by atoms with Crippen LogP contribution in [0.2, 0.25) is 19.1 Å². The van der Waals surface area contributed by atoms with Crippen molar-refractivity contribution >= 4 is 8.07 Å². The van der Waals surface area contributed by atoms with Crippen LogP contribution in [-0.2, 0) is 4.74 Å². The van der Waals surface area contributed by atoms with Gasteiger partial charge in [0.2, 0.25) is 0 Å². The Hall–Kier alpha value is -0.0331. The highest BCUT2D eigenvalue weighted by atomic mass is 28.3. The standard InChI is InChI=1S/C11H21F3OSi/c1-4-9-16(2,3)10(11(12,13)14)7-5-6-8-15-10/h4-9H2,1-3H3. The smallest absolute Gasteiger partial charge is 0.369 e. The highest BCUT2D eigenvalue weighted by Crippen LogP contribution is 2.47. The van der Waals surface area contributed by atoms with Gasteiger partial charge in [-0.2, -0.15) is 13.2 Å². The van der Waals surface area contributed by atoms with E-state index in [1.807, 2.05) is 20.0 Å². The Balaban J connectivity index is 3.03. The summed E-state index contributed by atoms with van der Waals surface area (Å²) in [7, 11) is -2.44. The molecule has 0 aliphatic carbocycles. The van der Waals surface area contributed by atoms with E-state index >= 15 is 0 Å². The van der Waals surface area contributed by atoms with Gasteiger partial charge in [-0.25, -0.2) is 0 Å². The predicted octanol–water partition coefficient (Wildman–Crippen LogP) is 4.15. The van der Waals surface area contributed by atoms with E-state index in [0.29, 0.717) is 12.5 Å². The molecule has 1 saturated heterocycles. The van der Waals surface area contributed by atoms with E-state index in [1.165, 1.54) is 0 Å². The van der Waals surface area contributed by atoms with Gasteiger partial charge >= 0.3 is 6.18 Å². The number of hydrogen-bond acceptors (Lipinski definition) is 1. The largest absolute Gasteiger partial charge is 0.414 e. The van der Waals surface area contributed by atoms with Gasteiger partial charge in [0, 0.05) is 6.61 Å². The molecule has 0 saturated carbocycles. The third-order valence-electron chi connectivity index (χ3n) is 3.70. The maximum absolute atomic E-state index is 13.3. The average molecular weight is 254 g/mol. The van der Waals surface area contributed by atoms with Gasteiger partial charge in [0.15, 0.2) is 5.22 Å². The fraction of sp³-hybridized carbons (Fsp3) is 1.00. The summed E-state index contributed by atoms with van der Waals surface area (Å²) in [5, 5.41) is -1.80. The van der Waals surface area contributed by atoms with Crippen LogP contribution in [0.15, 0.2) is 0 Å². The van der Waals surface area contributed by atoms with Crippen molar-refractivity contribution in [3.8, 4) is 0 Å². The molecule has 1 rings (SSSR count). The summed E-state index contributed by atoms with van der Waals surface area (Å²) < 4.78 is 45.3. The minimum atomic E-state index is -4.21. The maximum Gasteiger partial charge on any atom is 0.414 e. The van der Waals surface area contributed by atoms with Gasteiger partial charge in [0.25, 0.3) is 0 Å². The molecule has 1 nitrogen and oxygen atoms in total. The van der Waals surface area contributed by atoms with Crippen molar-refractivity contribution in [2.24, 2.45) is 0 Å². The zero-order chi connectivity index (χ0) is 12.4. The Bertz CT molecular complexity index is 232. The van der Waals surface area contributed by atoms with Gasteiger partial charge in [-0.05, 0) is 19.3 Å². The molecule has 1 atom stereocenters. The summed E-state index contributed by atoms with van der Waals surface area (Å²) in [6, 6.07) is 0.673. The van der Waals surface area contributed by atoms with Gasteiger partial charge in [-0.1, -0.05) is 32.5 Å². The minimum absolute atomic E-state index is 0.162. The average Bonchev–Trinajstić information content (AvgIpc) is 2.17. The Morgan fingerprint density at radius 2 is 1.88 bits per heavy atom. The molecule has 1 fully saturated rings. The lowest BCUT2D eigenvalue weighted by atomic mass is 10.1. The first-order chi connectivity index (χ1) is 7.27.